The minimum Gasteiger partial charge on any atom is -0.371 e. The van der Waals surface area contributed by atoms with E-state index in [1.807, 2.05) is 0 Å². The summed E-state index contributed by atoms with van der Waals surface area (Å²) in [5.74, 6) is 0. The van der Waals surface area contributed by atoms with Crippen LogP contribution in [0, 0.1) is 0 Å². The maximum absolute atomic E-state index is 8.92. The van der Waals surface area contributed by atoms with Gasteiger partial charge in [0.1, 0.15) is 0 Å². The number of hydrogen-bond acceptors (Lipinski definition) is 2. The second-order valence-corrected chi connectivity index (χ2v) is 3.68. The number of nitrogens with two attached hydrogens (primary N) is 1. The van der Waals surface area contributed by atoms with E-state index in [4.69, 9.17) is 57.2 Å². The SMILES string of the molecule is NC(O)(C(Cl)Cl)C(Cl)Cl. The van der Waals surface area contributed by atoms with Gasteiger partial charge in [-0.3, -0.25) is 5.73 Å². The first-order chi connectivity index (χ1) is 3.89. The highest BCUT2D eigenvalue weighted by atomic mass is 35.5. The maximum atomic E-state index is 8.92. The third-order valence-electron chi connectivity index (χ3n) is 0.699. The molecule has 0 bridgehead atoms. The average Bonchev–Trinajstić information content (AvgIpc) is 1.65. The van der Waals surface area contributed by atoms with Crippen LogP contribution in [-0.4, -0.2) is 20.5 Å². The fraction of sp³-hybridized carbons (Fsp3) is 1.00. The molecule has 0 saturated carbocycles. The van der Waals surface area contributed by atoms with Crippen molar-refractivity contribution in [2.75, 3.05) is 0 Å². The van der Waals surface area contributed by atoms with Crippen LogP contribution in [0.15, 0.2) is 0 Å². The first kappa shape index (κ1) is 10.1. The lowest BCUT2D eigenvalue weighted by atomic mass is 10.3. The number of aliphatic hydroxyl groups is 1. The fourth-order valence-corrected chi connectivity index (χ4v) is 0.857. The zero-order chi connectivity index (χ0) is 7.65. The zero-order valence-corrected chi connectivity index (χ0v) is 7.21. The second-order valence-electron chi connectivity index (χ2n) is 1.49. The molecule has 6 heteroatoms. The van der Waals surface area contributed by atoms with Crippen molar-refractivity contribution in [2.24, 2.45) is 5.73 Å². The Morgan fingerprint density at radius 3 is 1.33 bits per heavy atom. The Morgan fingerprint density at radius 2 is 1.33 bits per heavy atom. The molecule has 0 unspecified atom stereocenters. The molecular formula is C3H5Cl4NO. The van der Waals surface area contributed by atoms with Crippen LogP contribution in [-0.2, 0) is 0 Å². The number of alkyl halides is 4. The highest BCUT2D eigenvalue weighted by molar-refractivity contribution is 6.49. The van der Waals surface area contributed by atoms with Crippen LogP contribution >= 0.6 is 46.4 Å². The molecule has 0 aliphatic heterocycles. The summed E-state index contributed by atoms with van der Waals surface area (Å²) < 4.78 is 0. The van der Waals surface area contributed by atoms with Crippen LogP contribution in [0.25, 0.3) is 0 Å². The van der Waals surface area contributed by atoms with Crippen molar-refractivity contribution >= 4 is 46.4 Å². The Balaban J connectivity index is 4.01. The van der Waals surface area contributed by atoms with E-state index < -0.39 is 15.4 Å². The average molecular weight is 213 g/mol. The van der Waals surface area contributed by atoms with Gasteiger partial charge in [0.25, 0.3) is 0 Å². The van der Waals surface area contributed by atoms with Gasteiger partial charge in [0.05, 0.1) is 0 Å². The molecule has 9 heavy (non-hydrogen) atoms. The Labute approximate surface area is 72.8 Å². The highest BCUT2D eigenvalue weighted by Gasteiger charge is 2.36. The minimum absolute atomic E-state index is 1.20. The highest BCUT2D eigenvalue weighted by Crippen LogP contribution is 2.24. The van der Waals surface area contributed by atoms with Crippen LogP contribution < -0.4 is 5.73 Å². The van der Waals surface area contributed by atoms with Gasteiger partial charge in [-0.25, -0.2) is 0 Å². The molecule has 0 radical (unpaired) electrons. The fourth-order valence-electron chi connectivity index (χ4n) is 0.0952. The standard InChI is InChI=1S/C3H5Cl4NO/c4-1(5)3(8,9)2(6)7/h1-2,9H,8H2. The van der Waals surface area contributed by atoms with E-state index in [9.17, 15) is 0 Å². The lowest BCUT2D eigenvalue weighted by molar-refractivity contribution is 0.0754. The van der Waals surface area contributed by atoms with Gasteiger partial charge < -0.3 is 5.11 Å². The van der Waals surface area contributed by atoms with Crippen LogP contribution in [0.4, 0.5) is 0 Å². The van der Waals surface area contributed by atoms with E-state index in [2.05, 4.69) is 0 Å². The topological polar surface area (TPSA) is 46.2 Å². The third kappa shape index (κ3) is 2.66. The van der Waals surface area contributed by atoms with Crippen LogP contribution in [0.1, 0.15) is 0 Å². The monoisotopic (exact) mass is 211 g/mol. The molecule has 0 aromatic rings. The van der Waals surface area contributed by atoms with Crippen molar-refractivity contribution in [3.63, 3.8) is 0 Å². The van der Waals surface area contributed by atoms with E-state index in [1.54, 1.807) is 0 Å². The van der Waals surface area contributed by atoms with Gasteiger partial charge >= 0.3 is 0 Å². The van der Waals surface area contributed by atoms with Gasteiger partial charge in [0.2, 0.25) is 0 Å². The van der Waals surface area contributed by atoms with Crippen molar-refractivity contribution in [1.82, 2.24) is 0 Å². The zero-order valence-electron chi connectivity index (χ0n) is 4.19. The predicted octanol–water partition coefficient (Wildman–Crippen LogP) is 1.24. The van der Waals surface area contributed by atoms with Gasteiger partial charge in [-0.15, -0.1) is 46.4 Å². The van der Waals surface area contributed by atoms with Crippen molar-refractivity contribution < 1.29 is 5.11 Å². The van der Waals surface area contributed by atoms with Crippen LogP contribution in [0.5, 0.6) is 0 Å². The smallest absolute Gasteiger partial charge is 0.174 e. The third-order valence-corrected chi connectivity index (χ3v) is 2.10. The van der Waals surface area contributed by atoms with E-state index in [1.165, 1.54) is 0 Å². The van der Waals surface area contributed by atoms with Crippen molar-refractivity contribution in [2.45, 2.75) is 15.4 Å². The lowest BCUT2D eigenvalue weighted by Crippen LogP contribution is -2.51. The molecule has 0 amide bonds. The summed E-state index contributed by atoms with van der Waals surface area (Å²) in [6.45, 7) is 0. The van der Waals surface area contributed by atoms with Crippen LogP contribution in [0.2, 0.25) is 0 Å². The summed E-state index contributed by atoms with van der Waals surface area (Å²) in [7, 11) is 0. The molecule has 0 atom stereocenters. The summed E-state index contributed by atoms with van der Waals surface area (Å²) in [5.41, 5.74) is 3.09. The Hall–Kier alpha value is 1.08. The first-order valence-corrected chi connectivity index (χ1v) is 3.71. The van der Waals surface area contributed by atoms with Crippen molar-refractivity contribution in [1.29, 1.82) is 0 Å². The van der Waals surface area contributed by atoms with Gasteiger partial charge in [-0.05, 0) is 0 Å². The number of rotatable bonds is 2. The molecule has 56 valence electrons. The van der Waals surface area contributed by atoms with E-state index in [-0.39, 0.29) is 0 Å². The predicted molar refractivity (Wildman–Crippen MR) is 40.1 cm³/mol. The summed E-state index contributed by atoms with van der Waals surface area (Å²) >= 11 is 20.7. The first-order valence-electron chi connectivity index (χ1n) is 1.96. The summed E-state index contributed by atoms with van der Waals surface area (Å²) in [6, 6.07) is 0. The van der Waals surface area contributed by atoms with Gasteiger partial charge in [0, 0.05) is 0 Å². The molecule has 0 aliphatic carbocycles. The number of halogens is 4. The molecule has 3 N–H and O–H groups in total. The molecule has 0 saturated heterocycles. The largest absolute Gasteiger partial charge is 0.371 e. The van der Waals surface area contributed by atoms with Crippen LogP contribution in [0.3, 0.4) is 0 Å². The van der Waals surface area contributed by atoms with Crippen molar-refractivity contribution in [3.05, 3.63) is 0 Å². The molecule has 0 heterocycles. The molecule has 0 aromatic heterocycles. The lowest BCUT2D eigenvalue weighted by Gasteiger charge is -2.24. The van der Waals surface area contributed by atoms with Crippen molar-refractivity contribution in [3.8, 4) is 0 Å². The molecular weight excluding hydrogens is 208 g/mol. The van der Waals surface area contributed by atoms with E-state index in [0.717, 1.165) is 0 Å². The summed E-state index contributed by atoms with van der Waals surface area (Å²) in [4.78, 5) is -2.39. The normalized spacial score (nSPS) is 13.3. The minimum atomic E-state index is -1.94. The van der Waals surface area contributed by atoms with Gasteiger partial charge in [0.15, 0.2) is 15.4 Å². The van der Waals surface area contributed by atoms with E-state index in [0.29, 0.717) is 0 Å². The Kier molecular flexibility index (Phi) is 3.88. The number of hydrogen-bond donors (Lipinski definition) is 2. The van der Waals surface area contributed by atoms with Gasteiger partial charge in [-0.2, -0.15) is 0 Å². The molecule has 0 rings (SSSR count). The molecule has 0 fully saturated rings. The van der Waals surface area contributed by atoms with E-state index >= 15 is 0 Å². The molecule has 2 nitrogen and oxygen atoms in total. The van der Waals surface area contributed by atoms with Gasteiger partial charge in [-0.1, -0.05) is 0 Å². The second kappa shape index (κ2) is 3.46. The summed E-state index contributed by atoms with van der Waals surface area (Å²) in [5, 5.41) is 8.92. The maximum Gasteiger partial charge on any atom is 0.174 e. The quantitative estimate of drug-likeness (QED) is 0.535. The summed E-state index contributed by atoms with van der Waals surface area (Å²) in [6.07, 6.45) is 0. The molecule has 0 spiro atoms. The molecule has 0 aliphatic rings. The Bertz CT molecular complexity index is 83.8. The Morgan fingerprint density at radius 1 is 1.11 bits per heavy atom. The molecule has 0 aromatic carbocycles.